The molecule has 1 atom stereocenters. The first-order valence-corrected chi connectivity index (χ1v) is 15.1. The molecule has 242 valence electrons. The number of ether oxygens (including phenoxy) is 1. The van der Waals surface area contributed by atoms with Gasteiger partial charge in [0.2, 0.25) is 5.91 Å². The van der Waals surface area contributed by atoms with E-state index in [1.165, 1.54) is 53.5 Å². The number of nitrogens with zero attached hydrogens (tertiary/aromatic N) is 6. The maximum absolute atomic E-state index is 15.2. The van der Waals surface area contributed by atoms with Gasteiger partial charge in [0.25, 0.3) is 11.8 Å². The van der Waals surface area contributed by atoms with Crippen molar-refractivity contribution >= 4 is 41.2 Å². The third-order valence-electron chi connectivity index (χ3n) is 7.96. The summed E-state index contributed by atoms with van der Waals surface area (Å²) in [5.74, 6) is -1.21. The maximum atomic E-state index is 15.2. The number of amides is 3. The van der Waals surface area contributed by atoms with E-state index in [1.807, 2.05) is 24.3 Å². The van der Waals surface area contributed by atoms with Crippen molar-refractivity contribution in [3.05, 3.63) is 118 Å². The van der Waals surface area contributed by atoms with Crippen molar-refractivity contribution in [2.75, 3.05) is 26.0 Å². The van der Waals surface area contributed by atoms with Crippen LogP contribution in [-0.2, 0) is 16.0 Å². The van der Waals surface area contributed by atoms with Crippen LogP contribution >= 0.6 is 11.6 Å². The molecule has 5 aromatic rings. The fraction of sp³-hybridized carbons (Fsp3) is 0.147. The van der Waals surface area contributed by atoms with E-state index in [0.717, 1.165) is 16.7 Å². The fourth-order valence-electron chi connectivity index (χ4n) is 5.61. The number of tetrazole rings is 1. The highest BCUT2D eigenvalue weighted by Crippen LogP contribution is 2.37. The van der Waals surface area contributed by atoms with Crippen molar-refractivity contribution in [1.29, 1.82) is 0 Å². The van der Waals surface area contributed by atoms with E-state index >= 15 is 4.39 Å². The number of hydrogen-bond donors (Lipinski definition) is 2. The lowest BCUT2D eigenvalue weighted by molar-refractivity contribution is -0.135. The lowest BCUT2D eigenvalue weighted by Gasteiger charge is -2.36. The van der Waals surface area contributed by atoms with E-state index in [2.05, 4.69) is 31.1 Å². The van der Waals surface area contributed by atoms with Crippen molar-refractivity contribution < 1.29 is 23.5 Å². The summed E-state index contributed by atoms with van der Waals surface area (Å²) in [6.07, 6.45) is 5.68. The summed E-state index contributed by atoms with van der Waals surface area (Å²) < 4.78 is 21.7. The summed E-state index contributed by atoms with van der Waals surface area (Å²) in [7, 11) is 3.08. The number of carbonyl (C=O) groups excluding carboxylic acids is 3. The Kier molecular flexibility index (Phi) is 9.21. The molecule has 0 aliphatic carbocycles. The van der Waals surface area contributed by atoms with Crippen LogP contribution in [0.25, 0.3) is 22.9 Å². The Bertz CT molecular complexity index is 2020. The van der Waals surface area contributed by atoms with Gasteiger partial charge in [-0.3, -0.25) is 14.4 Å². The number of hydrogen-bond acceptors (Lipinski definition) is 8. The summed E-state index contributed by atoms with van der Waals surface area (Å²) in [5.41, 5.74) is 3.98. The van der Waals surface area contributed by atoms with Crippen LogP contribution in [-0.4, -0.2) is 68.5 Å². The van der Waals surface area contributed by atoms with E-state index in [0.29, 0.717) is 23.3 Å². The summed E-state index contributed by atoms with van der Waals surface area (Å²) in [6, 6.07) is 17.8. The van der Waals surface area contributed by atoms with Gasteiger partial charge in [0.05, 0.1) is 24.0 Å². The minimum atomic E-state index is -1.07. The second-order valence-electron chi connectivity index (χ2n) is 10.7. The van der Waals surface area contributed by atoms with Crippen LogP contribution in [0.4, 0.5) is 10.2 Å². The molecule has 0 saturated carbocycles. The summed E-state index contributed by atoms with van der Waals surface area (Å²) in [6.45, 7) is 0.176. The number of rotatable bonds is 8. The van der Waals surface area contributed by atoms with Gasteiger partial charge >= 0.3 is 0 Å². The molecule has 0 radical (unpaired) electrons. The van der Waals surface area contributed by atoms with E-state index in [1.54, 1.807) is 37.4 Å². The van der Waals surface area contributed by atoms with Gasteiger partial charge in [-0.2, -0.15) is 4.68 Å². The van der Waals surface area contributed by atoms with Gasteiger partial charge in [0.15, 0.2) is 5.82 Å². The van der Waals surface area contributed by atoms with Gasteiger partial charge in [0, 0.05) is 30.8 Å². The third-order valence-corrected chi connectivity index (χ3v) is 8.25. The molecule has 3 aromatic carbocycles. The van der Waals surface area contributed by atoms with E-state index in [4.69, 9.17) is 16.3 Å². The van der Waals surface area contributed by atoms with E-state index in [-0.39, 0.29) is 34.5 Å². The molecule has 0 saturated heterocycles. The van der Waals surface area contributed by atoms with Crippen LogP contribution in [0.15, 0.2) is 85.3 Å². The van der Waals surface area contributed by atoms with E-state index < -0.39 is 23.7 Å². The average Bonchev–Trinajstić information content (AvgIpc) is 3.66. The highest BCUT2D eigenvalue weighted by atomic mass is 35.5. The number of methoxy groups -OCH3 is 1. The Morgan fingerprint density at radius 3 is 2.56 bits per heavy atom. The molecule has 1 aliphatic rings. The lowest BCUT2D eigenvalue weighted by atomic mass is 9.86. The van der Waals surface area contributed by atoms with Crippen molar-refractivity contribution in [1.82, 2.24) is 35.4 Å². The van der Waals surface area contributed by atoms with Crippen molar-refractivity contribution in [2.45, 2.75) is 12.5 Å². The van der Waals surface area contributed by atoms with Crippen molar-refractivity contribution in [3.8, 4) is 22.6 Å². The smallest absolute Gasteiger partial charge is 0.252 e. The molecular weight excluding hydrogens is 639 g/mol. The molecule has 6 rings (SSSR count). The minimum absolute atomic E-state index is 0.00789. The standard InChI is InChI=1S/C34H28ClFN8O4/c1-37-33(46)21-8-6-20(7-9-21)23-4-3-5-25-24(23)16-17-43(32(25)34(47)40-29-14-10-22(48-2)18-38-29)30(45)15-11-26-28(44-19-39-41-42-44)13-12-27(35)31(26)36/h3-15,18-19,32H,16-17H2,1-2H3,(H,37,46)(H,38,40,47)/b15-11+. The summed E-state index contributed by atoms with van der Waals surface area (Å²) in [5, 5.41) is 16.3. The van der Waals surface area contributed by atoms with Gasteiger partial charge in [-0.1, -0.05) is 41.9 Å². The van der Waals surface area contributed by atoms with Gasteiger partial charge in [0.1, 0.15) is 23.9 Å². The molecule has 0 fully saturated rings. The summed E-state index contributed by atoms with van der Waals surface area (Å²) in [4.78, 5) is 45.7. The second-order valence-corrected chi connectivity index (χ2v) is 11.1. The first kappa shape index (κ1) is 32.0. The lowest BCUT2D eigenvalue weighted by Crippen LogP contribution is -2.45. The normalized spacial score (nSPS) is 14.0. The van der Waals surface area contributed by atoms with Gasteiger partial charge < -0.3 is 20.3 Å². The number of nitrogens with one attached hydrogen (secondary N) is 2. The molecule has 1 unspecified atom stereocenters. The molecule has 1 aliphatic heterocycles. The van der Waals surface area contributed by atoms with Crippen molar-refractivity contribution in [2.24, 2.45) is 0 Å². The molecule has 3 amide bonds. The topological polar surface area (TPSA) is 144 Å². The quantitative estimate of drug-likeness (QED) is 0.228. The van der Waals surface area contributed by atoms with Gasteiger partial charge in [-0.15, -0.1) is 5.10 Å². The van der Waals surface area contributed by atoms with E-state index in [9.17, 15) is 14.4 Å². The monoisotopic (exact) mass is 666 g/mol. The molecule has 48 heavy (non-hydrogen) atoms. The number of benzene rings is 3. The van der Waals surface area contributed by atoms with Crippen LogP contribution in [0.5, 0.6) is 5.75 Å². The maximum Gasteiger partial charge on any atom is 0.252 e. The Balaban J connectivity index is 1.38. The highest BCUT2D eigenvalue weighted by molar-refractivity contribution is 6.31. The number of aromatic nitrogens is 5. The van der Waals surface area contributed by atoms with Crippen LogP contribution in [0.3, 0.4) is 0 Å². The average molecular weight is 667 g/mol. The number of anilines is 1. The van der Waals surface area contributed by atoms with Gasteiger partial charge in [-0.05, 0) is 81.6 Å². The number of carbonyl (C=O) groups is 3. The van der Waals surface area contributed by atoms with Crippen LogP contribution in [0.2, 0.25) is 5.02 Å². The second kappa shape index (κ2) is 13.8. The molecule has 0 spiro atoms. The Hall–Kier alpha value is -5.95. The number of pyridine rings is 1. The largest absolute Gasteiger partial charge is 0.495 e. The molecule has 2 N–H and O–H groups in total. The zero-order valence-corrected chi connectivity index (χ0v) is 26.5. The predicted octanol–water partition coefficient (Wildman–Crippen LogP) is 4.66. The highest BCUT2D eigenvalue weighted by Gasteiger charge is 2.36. The number of halogens is 2. The SMILES string of the molecule is CNC(=O)c1ccc(-c2cccc3c2CCN(C(=O)/C=C/c2c(-n4cnnn4)ccc(Cl)c2F)C3C(=O)Nc2ccc(OC)cn2)cc1. The third kappa shape index (κ3) is 6.35. The van der Waals surface area contributed by atoms with Crippen LogP contribution in [0, 0.1) is 5.82 Å². The van der Waals surface area contributed by atoms with Crippen LogP contribution in [0.1, 0.15) is 33.1 Å². The summed E-state index contributed by atoms with van der Waals surface area (Å²) >= 11 is 6.07. The Labute approximate surface area is 279 Å². The fourth-order valence-corrected chi connectivity index (χ4v) is 5.78. The first-order valence-electron chi connectivity index (χ1n) is 14.7. The predicted molar refractivity (Wildman–Crippen MR) is 176 cm³/mol. The molecule has 2 aromatic heterocycles. The van der Waals surface area contributed by atoms with Crippen LogP contribution < -0.4 is 15.4 Å². The zero-order valence-electron chi connectivity index (χ0n) is 25.7. The number of fused-ring (bicyclic) bond motifs is 1. The molecule has 0 bridgehead atoms. The van der Waals surface area contributed by atoms with Gasteiger partial charge in [-0.25, -0.2) is 9.37 Å². The first-order chi connectivity index (χ1) is 23.3. The molecular formula is C34H28ClFN8O4. The molecule has 14 heteroatoms. The minimum Gasteiger partial charge on any atom is -0.495 e. The molecule has 12 nitrogen and oxygen atoms in total. The zero-order chi connectivity index (χ0) is 33.8. The molecule has 3 heterocycles. The Morgan fingerprint density at radius 1 is 1.06 bits per heavy atom. The van der Waals surface area contributed by atoms with Crippen molar-refractivity contribution in [3.63, 3.8) is 0 Å². The Morgan fingerprint density at radius 2 is 1.88 bits per heavy atom.